The van der Waals surface area contributed by atoms with E-state index in [-0.39, 0.29) is 6.61 Å². The van der Waals surface area contributed by atoms with Crippen molar-refractivity contribution >= 4 is 15.9 Å². The van der Waals surface area contributed by atoms with Crippen LogP contribution in [0.25, 0.3) is 11.5 Å². The van der Waals surface area contributed by atoms with E-state index in [0.29, 0.717) is 11.7 Å². The highest BCUT2D eigenvalue weighted by molar-refractivity contribution is 9.10. The van der Waals surface area contributed by atoms with Crippen LogP contribution in [0.4, 0.5) is 0 Å². The Kier molecular flexibility index (Phi) is 2.83. The number of aliphatic hydroxyl groups excluding tert-OH is 1. The van der Waals surface area contributed by atoms with Gasteiger partial charge in [0.1, 0.15) is 6.61 Å². The van der Waals surface area contributed by atoms with Gasteiger partial charge in [0.25, 0.3) is 5.89 Å². The average molecular weight is 269 g/mol. The second kappa shape index (κ2) is 4.12. The van der Waals surface area contributed by atoms with Crippen LogP contribution >= 0.6 is 15.9 Å². The van der Waals surface area contributed by atoms with Crippen molar-refractivity contribution in [3.8, 4) is 11.5 Å². The molecule has 0 saturated heterocycles. The normalized spacial score (nSPS) is 10.6. The van der Waals surface area contributed by atoms with E-state index >= 15 is 0 Å². The monoisotopic (exact) mass is 268 g/mol. The summed E-state index contributed by atoms with van der Waals surface area (Å²) in [6.07, 6.45) is 0. The molecule has 78 valence electrons. The van der Waals surface area contributed by atoms with E-state index in [1.54, 1.807) is 0 Å². The van der Waals surface area contributed by atoms with E-state index in [9.17, 15) is 0 Å². The number of hydrogen-bond acceptors (Lipinski definition) is 4. The molecule has 0 aliphatic heterocycles. The summed E-state index contributed by atoms with van der Waals surface area (Å²) in [5.41, 5.74) is 1.94. The molecular formula is C10H9BrN2O2. The summed E-state index contributed by atoms with van der Waals surface area (Å²) in [6, 6.07) is 5.75. The zero-order valence-corrected chi connectivity index (χ0v) is 9.65. The van der Waals surface area contributed by atoms with Crippen LogP contribution in [0.3, 0.4) is 0 Å². The minimum absolute atomic E-state index is 0.209. The minimum atomic E-state index is -0.209. The Bertz CT molecular complexity index is 482. The van der Waals surface area contributed by atoms with Crippen molar-refractivity contribution in [3.05, 3.63) is 34.1 Å². The lowest BCUT2D eigenvalue weighted by molar-refractivity contribution is 0.264. The molecule has 0 bridgehead atoms. The van der Waals surface area contributed by atoms with Crippen LogP contribution in [-0.4, -0.2) is 15.2 Å². The highest BCUT2D eigenvalue weighted by Crippen LogP contribution is 2.23. The maximum absolute atomic E-state index is 8.80. The molecule has 1 heterocycles. The zero-order chi connectivity index (χ0) is 10.8. The molecule has 0 radical (unpaired) electrons. The van der Waals surface area contributed by atoms with Crippen LogP contribution in [-0.2, 0) is 6.61 Å². The van der Waals surface area contributed by atoms with Gasteiger partial charge in [-0.3, -0.25) is 0 Å². The van der Waals surface area contributed by atoms with E-state index in [2.05, 4.69) is 26.1 Å². The fraction of sp³-hybridized carbons (Fsp3) is 0.200. The van der Waals surface area contributed by atoms with Gasteiger partial charge >= 0.3 is 0 Å². The molecule has 0 aliphatic carbocycles. The SMILES string of the molecule is Cc1cc(-c2nc(CO)no2)ccc1Br. The Labute approximate surface area is 95.1 Å². The maximum Gasteiger partial charge on any atom is 0.258 e. The van der Waals surface area contributed by atoms with Gasteiger partial charge in [0.05, 0.1) is 0 Å². The van der Waals surface area contributed by atoms with E-state index in [1.165, 1.54) is 0 Å². The molecule has 0 spiro atoms. The van der Waals surface area contributed by atoms with Crippen molar-refractivity contribution in [3.63, 3.8) is 0 Å². The Morgan fingerprint density at radius 2 is 2.27 bits per heavy atom. The fourth-order valence-corrected chi connectivity index (χ4v) is 1.46. The van der Waals surface area contributed by atoms with E-state index in [1.807, 2.05) is 25.1 Å². The van der Waals surface area contributed by atoms with Crippen LogP contribution in [0, 0.1) is 6.92 Å². The predicted octanol–water partition coefficient (Wildman–Crippen LogP) is 2.30. The van der Waals surface area contributed by atoms with Gasteiger partial charge in [-0.1, -0.05) is 21.1 Å². The Morgan fingerprint density at radius 3 is 2.87 bits per heavy atom. The summed E-state index contributed by atoms with van der Waals surface area (Å²) in [5, 5.41) is 12.4. The number of aryl methyl sites for hydroxylation is 1. The van der Waals surface area contributed by atoms with Crippen molar-refractivity contribution in [1.82, 2.24) is 10.1 Å². The van der Waals surface area contributed by atoms with E-state index in [4.69, 9.17) is 9.63 Å². The van der Waals surface area contributed by atoms with Gasteiger partial charge in [0, 0.05) is 10.0 Å². The summed E-state index contributed by atoms with van der Waals surface area (Å²) in [4.78, 5) is 4.03. The van der Waals surface area contributed by atoms with Gasteiger partial charge < -0.3 is 9.63 Å². The molecule has 0 amide bonds. The number of halogens is 1. The molecule has 1 aromatic heterocycles. The highest BCUT2D eigenvalue weighted by atomic mass is 79.9. The number of rotatable bonds is 2. The van der Waals surface area contributed by atoms with Crippen LogP contribution in [0.1, 0.15) is 11.4 Å². The molecule has 0 fully saturated rings. The van der Waals surface area contributed by atoms with Crippen LogP contribution in [0.15, 0.2) is 27.2 Å². The first kappa shape index (κ1) is 10.3. The molecule has 1 N–H and O–H groups in total. The van der Waals surface area contributed by atoms with Gasteiger partial charge in [-0.05, 0) is 30.7 Å². The lowest BCUT2D eigenvalue weighted by Crippen LogP contribution is -1.85. The first-order chi connectivity index (χ1) is 7.20. The third kappa shape index (κ3) is 2.08. The van der Waals surface area contributed by atoms with Crippen molar-refractivity contribution in [1.29, 1.82) is 0 Å². The van der Waals surface area contributed by atoms with Gasteiger partial charge in [-0.15, -0.1) is 0 Å². The lowest BCUT2D eigenvalue weighted by atomic mass is 10.1. The Morgan fingerprint density at radius 1 is 1.47 bits per heavy atom. The highest BCUT2D eigenvalue weighted by Gasteiger charge is 2.08. The van der Waals surface area contributed by atoms with Gasteiger partial charge in [-0.25, -0.2) is 0 Å². The summed E-state index contributed by atoms with van der Waals surface area (Å²) in [7, 11) is 0. The quantitative estimate of drug-likeness (QED) is 0.908. The largest absolute Gasteiger partial charge is 0.388 e. The van der Waals surface area contributed by atoms with Crippen molar-refractivity contribution in [2.45, 2.75) is 13.5 Å². The smallest absolute Gasteiger partial charge is 0.258 e. The van der Waals surface area contributed by atoms with Crippen LogP contribution in [0.2, 0.25) is 0 Å². The van der Waals surface area contributed by atoms with Gasteiger partial charge in [-0.2, -0.15) is 4.98 Å². The molecule has 0 atom stereocenters. The van der Waals surface area contributed by atoms with Gasteiger partial charge in [0.15, 0.2) is 5.82 Å². The predicted molar refractivity (Wildman–Crippen MR) is 58.1 cm³/mol. The Hall–Kier alpha value is -1.20. The molecule has 2 rings (SSSR count). The average Bonchev–Trinajstić information content (AvgIpc) is 2.70. The Balaban J connectivity index is 2.40. The molecule has 2 aromatic rings. The molecule has 4 nitrogen and oxygen atoms in total. The summed E-state index contributed by atoms with van der Waals surface area (Å²) >= 11 is 3.41. The topological polar surface area (TPSA) is 59.2 Å². The summed E-state index contributed by atoms with van der Waals surface area (Å²) in [6.45, 7) is 1.77. The number of hydrogen-bond donors (Lipinski definition) is 1. The third-order valence-corrected chi connectivity index (χ3v) is 2.90. The molecule has 0 unspecified atom stereocenters. The number of aliphatic hydroxyl groups is 1. The molecule has 1 aromatic carbocycles. The number of benzene rings is 1. The maximum atomic E-state index is 8.80. The second-order valence-electron chi connectivity index (χ2n) is 3.14. The lowest BCUT2D eigenvalue weighted by Gasteiger charge is -1.99. The first-order valence-corrected chi connectivity index (χ1v) is 5.20. The second-order valence-corrected chi connectivity index (χ2v) is 3.99. The number of aromatic nitrogens is 2. The van der Waals surface area contributed by atoms with Crippen molar-refractivity contribution in [2.24, 2.45) is 0 Å². The van der Waals surface area contributed by atoms with Crippen molar-refractivity contribution < 1.29 is 9.63 Å². The van der Waals surface area contributed by atoms with Gasteiger partial charge in [0.2, 0.25) is 0 Å². The van der Waals surface area contributed by atoms with Crippen LogP contribution < -0.4 is 0 Å². The standard InChI is InChI=1S/C10H9BrN2O2/c1-6-4-7(2-3-8(6)11)10-12-9(5-14)13-15-10/h2-4,14H,5H2,1H3. The molecule has 0 saturated carbocycles. The molecule has 0 aliphatic rings. The summed E-state index contributed by atoms with van der Waals surface area (Å²) < 4.78 is 6.04. The molecule has 5 heteroatoms. The first-order valence-electron chi connectivity index (χ1n) is 4.40. The van der Waals surface area contributed by atoms with Crippen LogP contribution in [0.5, 0.6) is 0 Å². The molecular weight excluding hydrogens is 260 g/mol. The van der Waals surface area contributed by atoms with E-state index in [0.717, 1.165) is 15.6 Å². The summed E-state index contributed by atoms with van der Waals surface area (Å²) in [5.74, 6) is 0.722. The van der Waals surface area contributed by atoms with E-state index < -0.39 is 0 Å². The minimum Gasteiger partial charge on any atom is -0.388 e. The third-order valence-electron chi connectivity index (χ3n) is 2.01. The van der Waals surface area contributed by atoms with Crippen molar-refractivity contribution in [2.75, 3.05) is 0 Å². The molecule has 15 heavy (non-hydrogen) atoms. The zero-order valence-electron chi connectivity index (χ0n) is 8.07. The fourth-order valence-electron chi connectivity index (χ4n) is 1.21. The number of nitrogens with zero attached hydrogens (tertiary/aromatic N) is 2.